The molecule has 0 unspecified atom stereocenters. The number of carboxylic acid groups (broad SMARTS) is 1. The van der Waals surface area contributed by atoms with Crippen LogP contribution in [0.25, 0.3) is 0 Å². The van der Waals surface area contributed by atoms with Crippen LogP contribution in [0.2, 0.25) is 0 Å². The number of nitrogens with zero attached hydrogens (tertiary/aromatic N) is 1. The van der Waals surface area contributed by atoms with E-state index in [9.17, 15) is 14.7 Å². The molecule has 0 radical (unpaired) electrons. The number of ether oxygens (including phenoxy) is 1. The zero-order chi connectivity index (χ0) is 35.1. The molecule has 0 aromatic rings. The summed E-state index contributed by atoms with van der Waals surface area (Å²) in [5, 5.41) is 9.61. The first kappa shape index (κ1) is 36.4. The number of carboxylic acids is 1. The molecule has 6 aliphatic carbocycles. The Bertz CT molecular complexity index is 1270. The number of rotatable bonds is 11. The van der Waals surface area contributed by atoms with Gasteiger partial charge >= 0.3 is 11.9 Å². The van der Waals surface area contributed by atoms with Gasteiger partial charge in [0.1, 0.15) is 6.10 Å². The number of carbonyl (C=O) groups is 2. The molecule has 0 amide bonds. The summed E-state index contributed by atoms with van der Waals surface area (Å²) >= 11 is 0. The second-order valence-electron chi connectivity index (χ2n) is 20.3. The van der Waals surface area contributed by atoms with Crippen molar-refractivity contribution in [2.24, 2.45) is 68.0 Å². The van der Waals surface area contributed by atoms with Gasteiger partial charge < -0.3 is 14.7 Å². The van der Waals surface area contributed by atoms with Crippen LogP contribution < -0.4 is 0 Å². The number of aliphatic carboxylic acids is 1. The molecular formula is C43H71NO4. The molecule has 0 aromatic heterocycles. The SMILES string of the molecule is C=C(C)[C@@H]1CC[C@]2(CCN(CC)CC3CC3)CC[C@]3(C)[C@H](CC[C@@H]4[C@@]5(C)CC[C@H](OC(=O)CC(C)(C)C(=O)O)C(C)(C)[C@@H]5CC[C@]43C)[C@@H]12. The van der Waals surface area contributed by atoms with E-state index < -0.39 is 11.4 Å². The number of hydrogen-bond acceptors (Lipinski definition) is 4. The van der Waals surface area contributed by atoms with Gasteiger partial charge in [-0.1, -0.05) is 53.7 Å². The second-order valence-corrected chi connectivity index (χ2v) is 20.3. The molecule has 6 fully saturated rings. The number of allylic oxidation sites excluding steroid dienone is 1. The van der Waals surface area contributed by atoms with Crippen molar-refractivity contribution in [1.29, 1.82) is 0 Å². The average Bonchev–Trinajstić information content (AvgIpc) is 3.73. The Morgan fingerprint density at radius 3 is 2.21 bits per heavy atom. The van der Waals surface area contributed by atoms with E-state index in [4.69, 9.17) is 4.74 Å². The van der Waals surface area contributed by atoms with Gasteiger partial charge in [-0.15, -0.1) is 0 Å². The smallest absolute Gasteiger partial charge is 0.309 e. The molecule has 48 heavy (non-hydrogen) atoms. The van der Waals surface area contributed by atoms with Gasteiger partial charge in [0.2, 0.25) is 0 Å². The van der Waals surface area contributed by atoms with Gasteiger partial charge in [0, 0.05) is 12.0 Å². The molecule has 0 bridgehead atoms. The molecule has 0 spiro atoms. The van der Waals surface area contributed by atoms with Crippen molar-refractivity contribution in [2.75, 3.05) is 19.6 Å². The maximum atomic E-state index is 13.1. The molecule has 1 N–H and O–H groups in total. The summed E-state index contributed by atoms with van der Waals surface area (Å²) < 4.78 is 6.20. The van der Waals surface area contributed by atoms with E-state index in [0.717, 1.165) is 30.6 Å². The predicted octanol–water partition coefficient (Wildman–Crippen LogP) is 10.2. The zero-order valence-corrected chi connectivity index (χ0v) is 32.4. The van der Waals surface area contributed by atoms with Crippen LogP contribution in [0.3, 0.4) is 0 Å². The van der Waals surface area contributed by atoms with Gasteiger partial charge in [-0.25, -0.2) is 0 Å². The molecule has 5 heteroatoms. The third-order valence-corrected chi connectivity index (χ3v) is 17.2. The van der Waals surface area contributed by atoms with E-state index in [1.54, 1.807) is 13.8 Å². The standard InChI is InChI=1S/C43H71NO4/c1-11-44(27-29-12-13-29)25-24-43-21-16-30(28(2)3)36(43)31-14-15-33-40(8)19-18-34(48-35(45)26-38(4,5)37(46)47)39(6,7)32(40)17-20-42(33,10)41(31,9)22-23-43/h29-34,36H,2,11-27H2,1,3-10H3,(H,46,47)/t30-,31+,32-,33+,34-,36+,40-,41+,42+,43+/m0/s1. The van der Waals surface area contributed by atoms with Crippen LogP contribution in [0.4, 0.5) is 0 Å². The largest absolute Gasteiger partial charge is 0.481 e. The topological polar surface area (TPSA) is 66.8 Å². The maximum Gasteiger partial charge on any atom is 0.309 e. The third kappa shape index (κ3) is 5.75. The molecule has 0 aliphatic heterocycles. The van der Waals surface area contributed by atoms with E-state index in [1.165, 1.54) is 95.8 Å². The van der Waals surface area contributed by atoms with Crippen molar-refractivity contribution in [3.8, 4) is 0 Å². The Kier molecular flexibility index (Phi) is 9.41. The van der Waals surface area contributed by atoms with Crippen LogP contribution in [0, 0.1) is 68.0 Å². The molecule has 0 saturated heterocycles. The molecule has 5 nitrogen and oxygen atoms in total. The van der Waals surface area contributed by atoms with Crippen molar-refractivity contribution in [1.82, 2.24) is 4.90 Å². The molecular weight excluding hydrogens is 594 g/mol. The quantitative estimate of drug-likeness (QED) is 0.176. The lowest BCUT2D eigenvalue weighted by atomic mass is 9.32. The zero-order valence-electron chi connectivity index (χ0n) is 32.4. The van der Waals surface area contributed by atoms with E-state index >= 15 is 0 Å². The third-order valence-electron chi connectivity index (χ3n) is 17.2. The minimum absolute atomic E-state index is 0.0812. The fourth-order valence-electron chi connectivity index (χ4n) is 14.0. The summed E-state index contributed by atoms with van der Waals surface area (Å²) in [6, 6.07) is 0. The number of fused-ring (bicyclic) bond motifs is 7. The number of carbonyl (C=O) groups excluding carboxylic acids is 1. The van der Waals surface area contributed by atoms with Gasteiger partial charge in [-0.3, -0.25) is 9.59 Å². The minimum Gasteiger partial charge on any atom is -0.481 e. The first-order valence-corrected chi connectivity index (χ1v) is 20.2. The van der Waals surface area contributed by atoms with Crippen LogP contribution in [0.1, 0.15) is 152 Å². The summed E-state index contributed by atoms with van der Waals surface area (Å²) in [6.07, 6.45) is 16.7. The predicted molar refractivity (Wildman–Crippen MR) is 194 cm³/mol. The van der Waals surface area contributed by atoms with Crippen molar-refractivity contribution in [3.63, 3.8) is 0 Å². The average molecular weight is 666 g/mol. The molecule has 0 aromatic carbocycles. The lowest BCUT2D eigenvalue weighted by Gasteiger charge is -2.73. The Morgan fingerprint density at radius 1 is 0.875 bits per heavy atom. The Labute approximate surface area is 293 Å². The Balaban J connectivity index is 1.23. The van der Waals surface area contributed by atoms with Crippen molar-refractivity contribution in [2.45, 2.75) is 158 Å². The van der Waals surface area contributed by atoms with Gasteiger partial charge in [0.25, 0.3) is 0 Å². The van der Waals surface area contributed by atoms with Crippen LogP contribution in [-0.4, -0.2) is 47.7 Å². The molecule has 6 saturated carbocycles. The van der Waals surface area contributed by atoms with Gasteiger partial charge in [-0.2, -0.15) is 0 Å². The first-order valence-electron chi connectivity index (χ1n) is 20.2. The Hall–Kier alpha value is -1.36. The molecule has 0 heterocycles. The first-order chi connectivity index (χ1) is 22.3. The summed E-state index contributed by atoms with van der Waals surface area (Å²) in [5.74, 6) is 3.05. The summed E-state index contributed by atoms with van der Waals surface area (Å²) in [5.41, 5.74) is 1.54. The van der Waals surface area contributed by atoms with Gasteiger partial charge in [0.15, 0.2) is 0 Å². The maximum absolute atomic E-state index is 13.1. The lowest BCUT2D eigenvalue weighted by molar-refractivity contribution is -0.250. The fraction of sp³-hybridized carbons (Fsp3) is 0.907. The van der Waals surface area contributed by atoms with Crippen LogP contribution in [-0.2, 0) is 14.3 Å². The highest BCUT2D eigenvalue weighted by Crippen LogP contribution is 2.78. The lowest BCUT2D eigenvalue weighted by Crippen LogP contribution is -2.66. The van der Waals surface area contributed by atoms with Crippen molar-refractivity contribution < 1.29 is 19.4 Å². The van der Waals surface area contributed by atoms with Crippen LogP contribution in [0.5, 0.6) is 0 Å². The van der Waals surface area contributed by atoms with Crippen molar-refractivity contribution >= 4 is 11.9 Å². The fourth-order valence-corrected chi connectivity index (χ4v) is 14.0. The monoisotopic (exact) mass is 666 g/mol. The second kappa shape index (κ2) is 12.4. The van der Waals surface area contributed by atoms with Gasteiger partial charge in [0.05, 0.1) is 11.8 Å². The summed E-state index contributed by atoms with van der Waals surface area (Å²) in [6.45, 7) is 29.2. The Morgan fingerprint density at radius 2 is 1.58 bits per heavy atom. The highest BCUT2D eigenvalue weighted by atomic mass is 16.5. The normalized spacial score (nSPS) is 43.5. The van der Waals surface area contributed by atoms with Crippen LogP contribution in [0.15, 0.2) is 12.2 Å². The summed E-state index contributed by atoms with van der Waals surface area (Å²) in [7, 11) is 0. The van der Waals surface area contributed by atoms with E-state index in [-0.39, 0.29) is 29.3 Å². The summed E-state index contributed by atoms with van der Waals surface area (Å²) in [4.78, 5) is 27.6. The highest BCUT2D eigenvalue weighted by Gasteiger charge is 2.71. The van der Waals surface area contributed by atoms with E-state index in [1.807, 2.05) is 0 Å². The van der Waals surface area contributed by atoms with Crippen LogP contribution >= 0.6 is 0 Å². The number of hydrogen-bond donors (Lipinski definition) is 1. The van der Waals surface area contributed by atoms with Crippen molar-refractivity contribution in [3.05, 3.63) is 12.2 Å². The number of esters is 1. The van der Waals surface area contributed by atoms with E-state index in [0.29, 0.717) is 34.0 Å². The molecule has 272 valence electrons. The molecule has 6 rings (SSSR count). The van der Waals surface area contributed by atoms with E-state index in [2.05, 4.69) is 59.9 Å². The highest BCUT2D eigenvalue weighted by molar-refractivity contribution is 5.81. The van der Waals surface area contributed by atoms with Gasteiger partial charge in [-0.05, 0) is 174 Å². The molecule has 6 aliphatic rings. The minimum atomic E-state index is -1.11. The molecule has 10 atom stereocenters.